The molecule has 2 nitrogen and oxygen atoms in total. The van der Waals surface area contributed by atoms with E-state index in [1.807, 2.05) is 0 Å². The molecule has 0 saturated carbocycles. The van der Waals surface area contributed by atoms with Crippen LogP contribution in [0, 0.1) is 6.92 Å². The number of nitrogens with one attached hydrogen (secondary N) is 1. The average Bonchev–Trinajstić information content (AvgIpc) is 2.69. The average molecular weight is 228 g/mol. The van der Waals surface area contributed by atoms with Crippen molar-refractivity contribution in [1.29, 1.82) is 0 Å². The van der Waals surface area contributed by atoms with E-state index in [1.165, 1.54) is 29.3 Å². The molecule has 1 saturated heterocycles. The van der Waals surface area contributed by atoms with Gasteiger partial charge in [-0.25, -0.2) is 0 Å². The summed E-state index contributed by atoms with van der Waals surface area (Å²) in [7, 11) is 2.17. The number of para-hydroxylation sites is 1. The molecule has 1 aliphatic rings. The summed E-state index contributed by atoms with van der Waals surface area (Å²) in [6, 6.07) is 6.66. The van der Waals surface area contributed by atoms with E-state index in [9.17, 15) is 0 Å². The van der Waals surface area contributed by atoms with Crippen LogP contribution in [-0.4, -0.2) is 17.7 Å². The van der Waals surface area contributed by atoms with Crippen LogP contribution in [-0.2, 0) is 7.05 Å². The van der Waals surface area contributed by atoms with Crippen LogP contribution in [0.2, 0.25) is 0 Å². The van der Waals surface area contributed by atoms with Gasteiger partial charge in [0, 0.05) is 18.6 Å². The molecule has 2 aromatic rings. The van der Waals surface area contributed by atoms with Crippen LogP contribution in [0.5, 0.6) is 0 Å². The maximum atomic E-state index is 3.44. The standard InChI is InChI=1S/C15H20N2/c1-11-4-3-5-13-14(10-17(2)15(11)13)12-6-8-16-9-7-12/h3-5,10,12,16H,6-9H2,1-2H3. The summed E-state index contributed by atoms with van der Waals surface area (Å²) in [4.78, 5) is 0. The molecule has 0 radical (unpaired) electrons. The molecule has 1 aliphatic heterocycles. The minimum Gasteiger partial charge on any atom is -0.350 e. The van der Waals surface area contributed by atoms with Crippen molar-refractivity contribution in [3.05, 3.63) is 35.5 Å². The monoisotopic (exact) mass is 228 g/mol. The summed E-state index contributed by atoms with van der Waals surface area (Å²) in [5.74, 6) is 0.738. The van der Waals surface area contributed by atoms with Gasteiger partial charge in [-0.05, 0) is 49.9 Å². The zero-order valence-electron chi connectivity index (χ0n) is 10.7. The Morgan fingerprint density at radius 2 is 2.00 bits per heavy atom. The molecule has 3 rings (SSSR count). The van der Waals surface area contributed by atoms with Gasteiger partial charge in [-0.3, -0.25) is 0 Å². The van der Waals surface area contributed by atoms with E-state index in [0.29, 0.717) is 0 Å². The number of piperidine rings is 1. The number of aromatic nitrogens is 1. The fourth-order valence-electron chi connectivity index (χ4n) is 3.16. The fraction of sp³-hybridized carbons (Fsp3) is 0.467. The lowest BCUT2D eigenvalue weighted by atomic mass is 9.90. The van der Waals surface area contributed by atoms with Crippen LogP contribution >= 0.6 is 0 Å². The Kier molecular flexibility index (Phi) is 2.67. The second-order valence-electron chi connectivity index (χ2n) is 5.19. The fourth-order valence-corrected chi connectivity index (χ4v) is 3.16. The van der Waals surface area contributed by atoms with Gasteiger partial charge < -0.3 is 9.88 Å². The lowest BCUT2D eigenvalue weighted by Gasteiger charge is -2.22. The summed E-state index contributed by atoms with van der Waals surface area (Å²) < 4.78 is 2.29. The number of hydrogen-bond acceptors (Lipinski definition) is 1. The van der Waals surface area contributed by atoms with Gasteiger partial charge in [0.25, 0.3) is 0 Å². The predicted octanol–water partition coefficient (Wildman–Crippen LogP) is 2.95. The minimum absolute atomic E-state index is 0.738. The molecule has 0 atom stereocenters. The molecule has 0 unspecified atom stereocenters. The van der Waals surface area contributed by atoms with E-state index in [0.717, 1.165) is 19.0 Å². The molecule has 1 aromatic heterocycles. The molecule has 0 bridgehead atoms. The zero-order chi connectivity index (χ0) is 11.8. The Hall–Kier alpha value is -1.28. The van der Waals surface area contributed by atoms with Gasteiger partial charge >= 0.3 is 0 Å². The van der Waals surface area contributed by atoms with Crippen LogP contribution in [0.1, 0.15) is 29.9 Å². The van der Waals surface area contributed by atoms with Crippen LogP contribution in [0.3, 0.4) is 0 Å². The molecule has 17 heavy (non-hydrogen) atoms. The minimum atomic E-state index is 0.738. The molecule has 1 aromatic carbocycles. The van der Waals surface area contributed by atoms with Gasteiger partial charge in [0.1, 0.15) is 0 Å². The highest BCUT2D eigenvalue weighted by Crippen LogP contribution is 2.33. The lowest BCUT2D eigenvalue weighted by molar-refractivity contribution is 0.462. The van der Waals surface area contributed by atoms with E-state index in [1.54, 1.807) is 5.56 Å². The molecule has 90 valence electrons. The van der Waals surface area contributed by atoms with E-state index >= 15 is 0 Å². The summed E-state index contributed by atoms with van der Waals surface area (Å²) in [6.45, 7) is 4.52. The first-order valence-corrected chi connectivity index (χ1v) is 6.52. The van der Waals surface area contributed by atoms with E-state index in [-0.39, 0.29) is 0 Å². The van der Waals surface area contributed by atoms with Crippen molar-refractivity contribution < 1.29 is 0 Å². The SMILES string of the molecule is Cc1cccc2c(C3CCNCC3)cn(C)c12. The molecule has 0 aliphatic carbocycles. The lowest BCUT2D eigenvalue weighted by Crippen LogP contribution is -2.26. The van der Waals surface area contributed by atoms with Crippen molar-refractivity contribution in [2.75, 3.05) is 13.1 Å². The Morgan fingerprint density at radius 3 is 2.76 bits per heavy atom. The highest BCUT2D eigenvalue weighted by molar-refractivity contribution is 5.87. The molecule has 1 fully saturated rings. The smallest absolute Gasteiger partial charge is 0.0510 e. The number of aryl methyl sites for hydroxylation is 2. The topological polar surface area (TPSA) is 17.0 Å². The second kappa shape index (κ2) is 4.19. The Morgan fingerprint density at radius 1 is 1.24 bits per heavy atom. The quantitative estimate of drug-likeness (QED) is 0.794. The van der Waals surface area contributed by atoms with Crippen molar-refractivity contribution in [3.8, 4) is 0 Å². The van der Waals surface area contributed by atoms with Gasteiger partial charge in [0.05, 0.1) is 5.52 Å². The molecular weight excluding hydrogens is 208 g/mol. The first-order chi connectivity index (χ1) is 8.27. The van der Waals surface area contributed by atoms with Crippen LogP contribution < -0.4 is 5.32 Å². The van der Waals surface area contributed by atoms with Crippen molar-refractivity contribution in [3.63, 3.8) is 0 Å². The number of benzene rings is 1. The third kappa shape index (κ3) is 1.77. The van der Waals surface area contributed by atoms with Crippen LogP contribution in [0.15, 0.2) is 24.4 Å². The largest absolute Gasteiger partial charge is 0.350 e. The Labute approximate surface area is 103 Å². The molecular formula is C15H20N2. The highest BCUT2D eigenvalue weighted by atomic mass is 14.9. The third-order valence-corrected chi connectivity index (χ3v) is 4.01. The van der Waals surface area contributed by atoms with Gasteiger partial charge in [-0.1, -0.05) is 18.2 Å². The molecule has 2 heteroatoms. The van der Waals surface area contributed by atoms with E-state index in [2.05, 4.69) is 48.3 Å². The number of rotatable bonds is 1. The summed E-state index contributed by atoms with van der Waals surface area (Å²) in [5.41, 5.74) is 4.33. The maximum absolute atomic E-state index is 3.44. The van der Waals surface area contributed by atoms with Crippen molar-refractivity contribution in [1.82, 2.24) is 9.88 Å². The number of fused-ring (bicyclic) bond motifs is 1. The maximum Gasteiger partial charge on any atom is 0.0510 e. The molecule has 0 amide bonds. The number of nitrogens with zero attached hydrogens (tertiary/aromatic N) is 1. The van der Waals surface area contributed by atoms with Crippen molar-refractivity contribution in [2.24, 2.45) is 7.05 Å². The van der Waals surface area contributed by atoms with Crippen molar-refractivity contribution >= 4 is 10.9 Å². The Bertz CT molecular complexity index is 533. The third-order valence-electron chi connectivity index (χ3n) is 4.01. The summed E-state index contributed by atoms with van der Waals surface area (Å²) in [5, 5.41) is 4.90. The van der Waals surface area contributed by atoms with Gasteiger partial charge in [-0.15, -0.1) is 0 Å². The number of hydrogen-bond donors (Lipinski definition) is 1. The molecule has 1 N–H and O–H groups in total. The van der Waals surface area contributed by atoms with E-state index < -0.39 is 0 Å². The van der Waals surface area contributed by atoms with Crippen molar-refractivity contribution in [2.45, 2.75) is 25.7 Å². The first-order valence-electron chi connectivity index (χ1n) is 6.52. The molecule has 0 spiro atoms. The van der Waals surface area contributed by atoms with Gasteiger partial charge in [0.2, 0.25) is 0 Å². The van der Waals surface area contributed by atoms with E-state index in [4.69, 9.17) is 0 Å². The second-order valence-corrected chi connectivity index (χ2v) is 5.19. The predicted molar refractivity (Wildman–Crippen MR) is 72.5 cm³/mol. The molecule has 2 heterocycles. The summed E-state index contributed by atoms with van der Waals surface area (Å²) >= 11 is 0. The highest BCUT2D eigenvalue weighted by Gasteiger charge is 2.19. The van der Waals surface area contributed by atoms with Gasteiger partial charge in [-0.2, -0.15) is 0 Å². The van der Waals surface area contributed by atoms with Crippen LogP contribution in [0.4, 0.5) is 0 Å². The van der Waals surface area contributed by atoms with Gasteiger partial charge in [0.15, 0.2) is 0 Å². The zero-order valence-corrected chi connectivity index (χ0v) is 10.7. The van der Waals surface area contributed by atoms with Crippen LogP contribution in [0.25, 0.3) is 10.9 Å². The first kappa shape index (κ1) is 10.8. The normalized spacial score (nSPS) is 17.8. The Balaban J connectivity index is 2.13. The summed E-state index contributed by atoms with van der Waals surface area (Å²) in [6.07, 6.45) is 4.88.